The van der Waals surface area contributed by atoms with Crippen LogP contribution in [-0.4, -0.2) is 14.1 Å². The standard InChI is InChI=1S/C21H21N3O4/c1-14(17-10-6-4-7-11-17)22-16(3)19(24(27)28)20(25)23(21(22)26)15(2)18-12-8-5-9-13-18/h4-15H,1-3H3. The molecule has 0 N–H and O–H groups in total. The van der Waals surface area contributed by atoms with Crippen molar-refractivity contribution in [1.82, 2.24) is 9.13 Å². The first-order valence-electron chi connectivity index (χ1n) is 8.96. The molecular weight excluding hydrogens is 358 g/mol. The van der Waals surface area contributed by atoms with Gasteiger partial charge in [-0.1, -0.05) is 60.7 Å². The molecule has 0 amide bonds. The number of aromatic nitrogens is 2. The van der Waals surface area contributed by atoms with Crippen LogP contribution in [0.25, 0.3) is 0 Å². The van der Waals surface area contributed by atoms with Crippen molar-refractivity contribution >= 4 is 5.69 Å². The average molecular weight is 379 g/mol. The molecule has 28 heavy (non-hydrogen) atoms. The molecule has 3 aromatic rings. The molecule has 0 aliphatic heterocycles. The Bertz CT molecular complexity index is 1120. The minimum Gasteiger partial charge on any atom is -0.284 e. The number of hydrogen-bond acceptors (Lipinski definition) is 4. The molecule has 0 spiro atoms. The Morgan fingerprint density at radius 2 is 1.25 bits per heavy atom. The predicted octanol–water partition coefficient (Wildman–Crippen LogP) is 3.45. The van der Waals surface area contributed by atoms with E-state index < -0.39 is 33.9 Å². The lowest BCUT2D eigenvalue weighted by atomic mass is 10.1. The van der Waals surface area contributed by atoms with E-state index in [-0.39, 0.29) is 5.69 Å². The van der Waals surface area contributed by atoms with E-state index in [1.54, 1.807) is 38.1 Å². The topological polar surface area (TPSA) is 87.1 Å². The molecule has 2 unspecified atom stereocenters. The predicted molar refractivity (Wildman–Crippen MR) is 107 cm³/mol. The SMILES string of the molecule is Cc1c([N+](=O)[O-])c(=O)n(C(C)c2ccccc2)c(=O)n1C(C)c1ccccc1. The zero-order chi connectivity index (χ0) is 20.4. The van der Waals surface area contributed by atoms with Gasteiger partial charge in [0.05, 0.1) is 17.0 Å². The Morgan fingerprint density at radius 1 is 0.821 bits per heavy atom. The zero-order valence-corrected chi connectivity index (χ0v) is 15.9. The molecule has 0 aliphatic carbocycles. The quantitative estimate of drug-likeness (QED) is 0.502. The van der Waals surface area contributed by atoms with Crippen molar-refractivity contribution in [3.8, 4) is 0 Å². The van der Waals surface area contributed by atoms with Gasteiger partial charge in [-0.15, -0.1) is 0 Å². The number of nitrogens with zero attached hydrogens (tertiary/aromatic N) is 3. The summed E-state index contributed by atoms with van der Waals surface area (Å²) >= 11 is 0. The van der Waals surface area contributed by atoms with Crippen molar-refractivity contribution in [2.45, 2.75) is 32.9 Å². The average Bonchev–Trinajstić information content (AvgIpc) is 2.68. The third-order valence-corrected chi connectivity index (χ3v) is 5.06. The second kappa shape index (κ2) is 7.64. The number of benzene rings is 2. The molecule has 2 atom stereocenters. The highest BCUT2D eigenvalue weighted by Gasteiger charge is 2.29. The molecule has 0 fully saturated rings. The van der Waals surface area contributed by atoms with Crippen LogP contribution in [0, 0.1) is 17.0 Å². The fourth-order valence-electron chi connectivity index (χ4n) is 3.50. The normalized spacial score (nSPS) is 13.1. The van der Waals surface area contributed by atoms with Crippen molar-refractivity contribution < 1.29 is 4.92 Å². The lowest BCUT2D eigenvalue weighted by Crippen LogP contribution is -2.44. The van der Waals surface area contributed by atoms with E-state index in [9.17, 15) is 19.7 Å². The summed E-state index contributed by atoms with van der Waals surface area (Å²) in [6.45, 7) is 4.92. The van der Waals surface area contributed by atoms with Crippen molar-refractivity contribution in [2.24, 2.45) is 0 Å². The van der Waals surface area contributed by atoms with Crippen molar-refractivity contribution in [1.29, 1.82) is 0 Å². The van der Waals surface area contributed by atoms with Gasteiger partial charge in [0.15, 0.2) is 0 Å². The molecular formula is C21H21N3O4. The van der Waals surface area contributed by atoms with Gasteiger partial charge in [0, 0.05) is 0 Å². The van der Waals surface area contributed by atoms with Crippen molar-refractivity contribution in [3.05, 3.63) is 108 Å². The second-order valence-electron chi connectivity index (χ2n) is 6.69. The zero-order valence-electron chi connectivity index (χ0n) is 15.9. The molecule has 7 nitrogen and oxygen atoms in total. The van der Waals surface area contributed by atoms with Crippen molar-refractivity contribution in [3.63, 3.8) is 0 Å². The van der Waals surface area contributed by atoms with Gasteiger partial charge in [-0.05, 0) is 31.9 Å². The number of hydrogen-bond donors (Lipinski definition) is 0. The maximum absolute atomic E-state index is 13.3. The minimum absolute atomic E-state index is 0.0489. The molecule has 0 saturated carbocycles. The van der Waals surface area contributed by atoms with E-state index in [1.807, 2.05) is 36.4 Å². The number of rotatable bonds is 5. The first-order chi connectivity index (χ1) is 13.3. The third kappa shape index (κ3) is 3.26. The van der Waals surface area contributed by atoms with Gasteiger partial charge < -0.3 is 0 Å². The monoisotopic (exact) mass is 379 g/mol. The highest BCUT2D eigenvalue weighted by atomic mass is 16.6. The van der Waals surface area contributed by atoms with Crippen LogP contribution in [0.3, 0.4) is 0 Å². The van der Waals surface area contributed by atoms with Crippen LogP contribution < -0.4 is 11.2 Å². The maximum Gasteiger partial charge on any atom is 0.353 e. The summed E-state index contributed by atoms with van der Waals surface area (Å²) in [5, 5.41) is 11.7. The first-order valence-corrected chi connectivity index (χ1v) is 8.96. The summed E-state index contributed by atoms with van der Waals surface area (Å²) in [6.07, 6.45) is 0. The molecule has 144 valence electrons. The Hall–Kier alpha value is -3.48. The molecule has 7 heteroatoms. The summed E-state index contributed by atoms with van der Waals surface area (Å²) in [7, 11) is 0. The minimum atomic E-state index is -0.889. The van der Waals surface area contributed by atoms with Crippen LogP contribution in [0.5, 0.6) is 0 Å². The highest BCUT2D eigenvalue weighted by molar-refractivity contribution is 5.35. The van der Waals surface area contributed by atoms with E-state index in [0.29, 0.717) is 0 Å². The van der Waals surface area contributed by atoms with Gasteiger partial charge in [0.1, 0.15) is 5.69 Å². The van der Waals surface area contributed by atoms with E-state index in [0.717, 1.165) is 15.7 Å². The van der Waals surface area contributed by atoms with Gasteiger partial charge in [0.2, 0.25) is 0 Å². The molecule has 2 aromatic carbocycles. The molecule has 0 radical (unpaired) electrons. The van der Waals surface area contributed by atoms with Crippen molar-refractivity contribution in [2.75, 3.05) is 0 Å². The molecule has 0 bridgehead atoms. The molecule has 1 heterocycles. The van der Waals surface area contributed by atoms with Crippen LogP contribution in [0.15, 0.2) is 70.3 Å². The molecule has 0 aliphatic rings. The summed E-state index contributed by atoms with van der Waals surface area (Å²) in [4.78, 5) is 37.1. The maximum atomic E-state index is 13.3. The summed E-state index contributed by atoms with van der Waals surface area (Å²) < 4.78 is 2.30. The largest absolute Gasteiger partial charge is 0.353 e. The summed E-state index contributed by atoms with van der Waals surface area (Å²) in [6, 6.07) is 17.1. The van der Waals surface area contributed by atoms with Gasteiger partial charge >= 0.3 is 16.9 Å². The smallest absolute Gasteiger partial charge is 0.284 e. The fraction of sp³-hybridized carbons (Fsp3) is 0.238. The Kier molecular flexibility index (Phi) is 5.26. The van der Waals surface area contributed by atoms with Crippen LogP contribution in [0.1, 0.15) is 42.8 Å². The van der Waals surface area contributed by atoms with E-state index in [2.05, 4.69) is 0 Å². The lowest BCUT2D eigenvalue weighted by molar-refractivity contribution is -0.387. The fourth-order valence-corrected chi connectivity index (χ4v) is 3.50. The number of nitro groups is 1. The molecule has 0 saturated heterocycles. The first kappa shape index (κ1) is 19.3. The van der Waals surface area contributed by atoms with Crippen LogP contribution in [-0.2, 0) is 0 Å². The van der Waals surface area contributed by atoms with Gasteiger partial charge in [-0.2, -0.15) is 0 Å². The van der Waals surface area contributed by atoms with Gasteiger partial charge in [-0.3, -0.25) is 19.5 Å². The highest BCUT2D eigenvalue weighted by Crippen LogP contribution is 2.22. The molecule has 3 rings (SSSR count). The van der Waals surface area contributed by atoms with Gasteiger partial charge in [-0.25, -0.2) is 9.36 Å². The van der Waals surface area contributed by atoms with E-state index >= 15 is 0 Å². The summed E-state index contributed by atoms with van der Waals surface area (Å²) in [5.41, 5.74) is -0.447. The Labute approximate surface area is 161 Å². The van der Waals surface area contributed by atoms with E-state index in [4.69, 9.17) is 0 Å². The van der Waals surface area contributed by atoms with Crippen LogP contribution >= 0.6 is 0 Å². The lowest BCUT2D eigenvalue weighted by Gasteiger charge is -2.22. The van der Waals surface area contributed by atoms with Gasteiger partial charge in [0.25, 0.3) is 0 Å². The second-order valence-corrected chi connectivity index (χ2v) is 6.69. The summed E-state index contributed by atoms with van der Waals surface area (Å²) in [5.74, 6) is 0. The Morgan fingerprint density at radius 3 is 1.68 bits per heavy atom. The van der Waals surface area contributed by atoms with Crippen LogP contribution in [0.2, 0.25) is 0 Å². The van der Waals surface area contributed by atoms with Crippen LogP contribution in [0.4, 0.5) is 5.69 Å². The Balaban J connectivity index is 2.32. The molecule has 1 aromatic heterocycles. The third-order valence-electron chi connectivity index (χ3n) is 5.06. The van der Waals surface area contributed by atoms with E-state index in [1.165, 1.54) is 11.5 Å².